The second-order valence-corrected chi connectivity index (χ2v) is 8.51. The van der Waals surface area contributed by atoms with Gasteiger partial charge >= 0.3 is 0 Å². The first-order chi connectivity index (χ1) is 14.6. The molecule has 1 aromatic carbocycles. The molecule has 0 unspecified atom stereocenters. The maximum Gasteiger partial charge on any atom is 0.256 e. The lowest BCUT2D eigenvalue weighted by molar-refractivity contribution is 0.100. The van der Waals surface area contributed by atoms with Crippen LogP contribution in [0, 0.1) is 0 Å². The third-order valence-electron chi connectivity index (χ3n) is 5.44. The molecule has 0 spiro atoms. The highest BCUT2D eigenvalue weighted by Gasteiger charge is 2.25. The van der Waals surface area contributed by atoms with Gasteiger partial charge in [-0.25, -0.2) is 4.98 Å². The van der Waals surface area contributed by atoms with Crippen LogP contribution in [0.4, 0.5) is 5.00 Å². The van der Waals surface area contributed by atoms with Crippen LogP contribution < -0.4 is 11.1 Å². The number of imidazole rings is 1. The molecule has 0 aliphatic heterocycles. The number of hydrogen-bond donors (Lipinski definition) is 2. The van der Waals surface area contributed by atoms with Crippen LogP contribution in [0.1, 0.15) is 44.0 Å². The molecule has 7 heteroatoms. The van der Waals surface area contributed by atoms with Gasteiger partial charge in [0.1, 0.15) is 10.6 Å². The van der Waals surface area contributed by atoms with E-state index >= 15 is 0 Å². The van der Waals surface area contributed by atoms with Crippen molar-refractivity contribution in [3.63, 3.8) is 0 Å². The Bertz CT molecular complexity index is 1270. The number of thiophene rings is 1. The van der Waals surface area contributed by atoms with Gasteiger partial charge in [0.2, 0.25) is 0 Å². The zero-order valence-corrected chi connectivity index (χ0v) is 17.0. The minimum Gasteiger partial charge on any atom is -0.365 e. The minimum atomic E-state index is -0.485. The molecule has 0 saturated heterocycles. The maximum absolute atomic E-state index is 12.9. The van der Waals surface area contributed by atoms with Crippen molar-refractivity contribution >= 4 is 33.8 Å². The average molecular weight is 417 g/mol. The molecule has 30 heavy (non-hydrogen) atoms. The predicted molar refractivity (Wildman–Crippen MR) is 118 cm³/mol. The van der Waals surface area contributed by atoms with Crippen LogP contribution in [0.5, 0.6) is 0 Å². The molecule has 0 fully saturated rings. The van der Waals surface area contributed by atoms with Gasteiger partial charge in [-0.1, -0.05) is 30.3 Å². The summed E-state index contributed by atoms with van der Waals surface area (Å²) in [6.07, 6.45) is 7.65. The molecule has 3 aromatic heterocycles. The molecule has 3 heterocycles. The van der Waals surface area contributed by atoms with E-state index in [1.54, 1.807) is 12.1 Å². The Morgan fingerprint density at radius 2 is 1.90 bits per heavy atom. The fourth-order valence-electron chi connectivity index (χ4n) is 3.96. The molecule has 1 aliphatic carbocycles. The average Bonchev–Trinajstić information content (AvgIpc) is 3.34. The van der Waals surface area contributed by atoms with Gasteiger partial charge < -0.3 is 15.5 Å². The van der Waals surface area contributed by atoms with E-state index in [1.807, 2.05) is 47.1 Å². The molecular weight excluding hydrogens is 396 g/mol. The van der Waals surface area contributed by atoms with Gasteiger partial charge in [0, 0.05) is 28.4 Å². The van der Waals surface area contributed by atoms with Gasteiger partial charge in [0.05, 0.1) is 11.3 Å². The molecule has 0 radical (unpaired) electrons. The van der Waals surface area contributed by atoms with Crippen LogP contribution in [0.3, 0.4) is 0 Å². The van der Waals surface area contributed by atoms with Gasteiger partial charge in [0.25, 0.3) is 11.8 Å². The van der Waals surface area contributed by atoms with Gasteiger partial charge in [0.15, 0.2) is 0 Å². The maximum atomic E-state index is 12.9. The molecule has 0 saturated carbocycles. The van der Waals surface area contributed by atoms with Crippen LogP contribution >= 0.6 is 11.3 Å². The Morgan fingerprint density at radius 1 is 1.10 bits per heavy atom. The Labute approximate surface area is 177 Å². The third-order valence-corrected chi connectivity index (χ3v) is 6.64. The van der Waals surface area contributed by atoms with Crippen molar-refractivity contribution in [1.29, 1.82) is 0 Å². The monoisotopic (exact) mass is 416 g/mol. The van der Waals surface area contributed by atoms with E-state index in [0.717, 1.165) is 47.4 Å². The molecule has 6 nitrogen and oxygen atoms in total. The van der Waals surface area contributed by atoms with E-state index in [1.165, 1.54) is 11.3 Å². The number of benzene rings is 1. The molecule has 1 aliphatic rings. The number of nitrogens with one attached hydrogen (secondary N) is 1. The number of carbonyl (C=O) groups excluding carboxylic acids is 2. The lowest BCUT2D eigenvalue weighted by Crippen LogP contribution is -2.18. The number of hydrogen-bond acceptors (Lipinski definition) is 4. The summed E-state index contributed by atoms with van der Waals surface area (Å²) in [5, 5.41) is 3.46. The van der Waals surface area contributed by atoms with E-state index in [0.29, 0.717) is 21.8 Å². The second kappa shape index (κ2) is 7.42. The summed E-state index contributed by atoms with van der Waals surface area (Å²) < 4.78 is 1.89. The largest absolute Gasteiger partial charge is 0.365 e. The number of aryl methyl sites for hydroxylation is 1. The summed E-state index contributed by atoms with van der Waals surface area (Å²) >= 11 is 1.46. The highest BCUT2D eigenvalue weighted by atomic mass is 32.1. The summed E-state index contributed by atoms with van der Waals surface area (Å²) in [6.45, 7) is 0. The standard InChI is InChI=1S/C23H20N4O2S/c24-21(28)20-16-8-4-5-9-18(16)30-23(20)26-22(29)15-10-11-27-13-17(25-19(27)12-15)14-6-2-1-3-7-14/h1-3,6-7,10-13H,4-5,8-9H2,(H2,24,28)(H,26,29). The Kier molecular flexibility index (Phi) is 4.59. The van der Waals surface area contributed by atoms with E-state index < -0.39 is 5.91 Å². The number of fused-ring (bicyclic) bond motifs is 2. The van der Waals surface area contributed by atoms with Crippen molar-refractivity contribution < 1.29 is 9.59 Å². The number of rotatable bonds is 4. The van der Waals surface area contributed by atoms with Crippen LogP contribution in [0.15, 0.2) is 54.9 Å². The van der Waals surface area contributed by atoms with Crippen LogP contribution in [-0.4, -0.2) is 21.2 Å². The number of aromatic nitrogens is 2. The van der Waals surface area contributed by atoms with E-state index in [2.05, 4.69) is 10.3 Å². The van der Waals surface area contributed by atoms with Gasteiger partial charge in [-0.15, -0.1) is 11.3 Å². The molecule has 150 valence electrons. The van der Waals surface area contributed by atoms with Crippen LogP contribution in [0.2, 0.25) is 0 Å². The Morgan fingerprint density at radius 3 is 2.70 bits per heavy atom. The molecule has 4 aromatic rings. The summed E-state index contributed by atoms with van der Waals surface area (Å²) in [5.41, 5.74) is 10.1. The van der Waals surface area contributed by atoms with Gasteiger partial charge in [-0.05, 0) is 43.4 Å². The summed E-state index contributed by atoms with van der Waals surface area (Å²) in [4.78, 5) is 30.8. The Hall–Kier alpha value is -3.45. The summed E-state index contributed by atoms with van der Waals surface area (Å²) in [6, 6.07) is 13.4. The fourth-order valence-corrected chi connectivity index (χ4v) is 5.25. The highest BCUT2D eigenvalue weighted by molar-refractivity contribution is 7.17. The second-order valence-electron chi connectivity index (χ2n) is 7.41. The van der Waals surface area contributed by atoms with Crippen molar-refractivity contribution in [2.45, 2.75) is 25.7 Å². The third kappa shape index (κ3) is 3.27. The van der Waals surface area contributed by atoms with Gasteiger partial charge in [-0.3, -0.25) is 9.59 Å². The zero-order valence-electron chi connectivity index (χ0n) is 16.2. The lowest BCUT2D eigenvalue weighted by Gasteiger charge is -2.11. The van der Waals surface area contributed by atoms with Crippen molar-refractivity contribution in [2.24, 2.45) is 5.73 Å². The van der Waals surface area contributed by atoms with E-state index in [-0.39, 0.29) is 5.91 Å². The normalized spacial score (nSPS) is 13.2. The van der Waals surface area contributed by atoms with Crippen molar-refractivity contribution in [3.8, 4) is 11.3 Å². The van der Waals surface area contributed by atoms with Crippen LogP contribution in [0.25, 0.3) is 16.9 Å². The van der Waals surface area contributed by atoms with Crippen LogP contribution in [-0.2, 0) is 12.8 Å². The van der Waals surface area contributed by atoms with Gasteiger partial charge in [-0.2, -0.15) is 0 Å². The number of nitrogens with zero attached hydrogens (tertiary/aromatic N) is 2. The number of amides is 2. The molecule has 2 amide bonds. The quantitative estimate of drug-likeness (QED) is 0.520. The lowest BCUT2D eigenvalue weighted by atomic mass is 9.95. The first-order valence-corrected chi connectivity index (χ1v) is 10.7. The molecule has 3 N–H and O–H groups in total. The van der Waals surface area contributed by atoms with E-state index in [4.69, 9.17) is 5.73 Å². The molecule has 0 atom stereocenters. The number of nitrogens with two attached hydrogens (primary N) is 1. The topological polar surface area (TPSA) is 89.5 Å². The van der Waals surface area contributed by atoms with Crippen molar-refractivity contribution in [3.05, 3.63) is 76.4 Å². The fraction of sp³-hybridized carbons (Fsp3) is 0.174. The number of primary amides is 1. The number of anilines is 1. The highest BCUT2D eigenvalue weighted by Crippen LogP contribution is 2.38. The summed E-state index contributed by atoms with van der Waals surface area (Å²) in [5.74, 6) is -0.760. The van der Waals surface area contributed by atoms with Crippen molar-refractivity contribution in [1.82, 2.24) is 9.38 Å². The minimum absolute atomic E-state index is 0.275. The summed E-state index contributed by atoms with van der Waals surface area (Å²) in [7, 11) is 0. The Balaban J connectivity index is 1.45. The predicted octanol–water partition coefficient (Wildman–Crippen LogP) is 4.29. The zero-order chi connectivity index (χ0) is 20.7. The van der Waals surface area contributed by atoms with E-state index in [9.17, 15) is 9.59 Å². The smallest absolute Gasteiger partial charge is 0.256 e. The molecule has 5 rings (SSSR count). The number of pyridine rings is 1. The van der Waals surface area contributed by atoms with Crippen molar-refractivity contribution in [2.75, 3.05) is 5.32 Å². The first kappa shape index (κ1) is 18.6. The molecule has 0 bridgehead atoms. The number of carbonyl (C=O) groups is 2. The molecular formula is C23H20N4O2S. The first-order valence-electron chi connectivity index (χ1n) is 9.90. The SMILES string of the molecule is NC(=O)c1c(NC(=O)c2ccn3cc(-c4ccccc4)nc3c2)sc2c1CCCC2.